The summed E-state index contributed by atoms with van der Waals surface area (Å²) in [4.78, 5) is 11.1. The summed E-state index contributed by atoms with van der Waals surface area (Å²) in [6.07, 6.45) is 14.5. The monoisotopic (exact) mass is 440 g/mol. The minimum Gasteiger partial charge on any atom is -0.469 e. The van der Waals surface area contributed by atoms with Gasteiger partial charge in [0, 0.05) is 6.42 Å². The molecule has 2 fully saturated rings. The van der Waals surface area contributed by atoms with Crippen LogP contribution >= 0.6 is 0 Å². The van der Waals surface area contributed by atoms with E-state index in [0.29, 0.717) is 24.2 Å². The average molecular weight is 441 g/mol. The number of carbonyl (C=O) groups excluding carboxylic acids is 1. The van der Waals surface area contributed by atoms with Crippen molar-refractivity contribution in [2.75, 3.05) is 7.11 Å². The number of unbranched alkanes of at least 4 members (excludes halogenated alkanes) is 1. The number of hydrogen-bond acceptors (Lipinski definition) is 4. The zero-order valence-electron chi connectivity index (χ0n) is 21.5. The summed E-state index contributed by atoms with van der Waals surface area (Å²) in [5.74, 6) is 1.27. The second-order valence-electron chi connectivity index (χ2n) is 9.24. The minimum atomic E-state index is -0.209. The molecule has 2 aliphatic carbocycles. The highest BCUT2D eigenvalue weighted by molar-refractivity contribution is 5.69. The maximum Gasteiger partial charge on any atom is 0.305 e. The molecule has 0 heterocycles. The predicted molar refractivity (Wildman–Crippen MR) is 131 cm³/mol. The van der Waals surface area contributed by atoms with Crippen molar-refractivity contribution in [2.24, 2.45) is 23.2 Å². The lowest BCUT2D eigenvalue weighted by molar-refractivity contribution is -0.140. The molecule has 5 atom stereocenters. The summed E-state index contributed by atoms with van der Waals surface area (Å²) in [7, 11) is 1.42. The van der Waals surface area contributed by atoms with Crippen LogP contribution in [-0.4, -0.2) is 35.5 Å². The van der Waals surface area contributed by atoms with E-state index >= 15 is 0 Å². The quantitative estimate of drug-likeness (QED) is 0.213. The first-order valence-corrected chi connectivity index (χ1v) is 13.0. The van der Waals surface area contributed by atoms with Crippen molar-refractivity contribution in [3.05, 3.63) is 12.2 Å². The fraction of sp³-hybridized carbons (Fsp3) is 0.889. The third kappa shape index (κ3) is 10.1. The van der Waals surface area contributed by atoms with Crippen molar-refractivity contribution in [3.8, 4) is 0 Å². The predicted octanol–water partition coefficient (Wildman–Crippen LogP) is 6.68. The van der Waals surface area contributed by atoms with Gasteiger partial charge in [0.05, 0.1) is 19.3 Å². The van der Waals surface area contributed by atoms with Crippen LogP contribution in [0.1, 0.15) is 112 Å². The molecule has 31 heavy (non-hydrogen) atoms. The first-order chi connectivity index (χ1) is 14.9. The molecule has 2 saturated carbocycles. The fourth-order valence-electron chi connectivity index (χ4n) is 5.07. The summed E-state index contributed by atoms with van der Waals surface area (Å²) >= 11 is 0. The third-order valence-corrected chi connectivity index (χ3v) is 7.26. The Labute approximate surface area is 192 Å². The molecule has 4 nitrogen and oxygen atoms in total. The van der Waals surface area contributed by atoms with Crippen LogP contribution in [0.4, 0.5) is 0 Å². The highest BCUT2D eigenvalue weighted by Crippen LogP contribution is 2.46. The summed E-state index contributed by atoms with van der Waals surface area (Å²) in [5.41, 5.74) is 0.160. The Balaban J connectivity index is 0.00000212. The maximum atomic E-state index is 11.1. The van der Waals surface area contributed by atoms with Gasteiger partial charge in [-0.3, -0.25) is 4.79 Å². The maximum absolute atomic E-state index is 11.1. The van der Waals surface area contributed by atoms with E-state index in [0.717, 1.165) is 57.8 Å². The van der Waals surface area contributed by atoms with Crippen LogP contribution in [0.3, 0.4) is 0 Å². The number of aliphatic hydroxyl groups is 2. The Bertz CT molecular complexity index is 484. The summed E-state index contributed by atoms with van der Waals surface area (Å²) < 4.78 is 4.65. The molecule has 184 valence electrons. The lowest BCUT2D eigenvalue weighted by Crippen LogP contribution is -2.38. The van der Waals surface area contributed by atoms with Gasteiger partial charge >= 0.3 is 5.97 Å². The van der Waals surface area contributed by atoms with Crippen molar-refractivity contribution >= 4 is 5.97 Å². The molecule has 0 amide bonds. The molecule has 0 aromatic heterocycles. The van der Waals surface area contributed by atoms with Gasteiger partial charge < -0.3 is 14.9 Å². The van der Waals surface area contributed by atoms with Crippen molar-refractivity contribution in [3.63, 3.8) is 0 Å². The van der Waals surface area contributed by atoms with Crippen molar-refractivity contribution in [2.45, 2.75) is 124 Å². The average Bonchev–Trinajstić information content (AvgIpc) is 3.03. The lowest BCUT2D eigenvalue weighted by Gasteiger charge is -2.42. The molecular formula is C27H52O4. The Morgan fingerprint density at radius 1 is 1.13 bits per heavy atom. The van der Waals surface area contributed by atoms with E-state index < -0.39 is 0 Å². The van der Waals surface area contributed by atoms with Crippen molar-refractivity contribution in [1.82, 2.24) is 0 Å². The third-order valence-electron chi connectivity index (χ3n) is 7.26. The van der Waals surface area contributed by atoms with E-state index in [2.05, 4.69) is 30.7 Å². The number of ether oxygens (including phenoxy) is 1. The molecule has 2 N–H and O–H groups in total. The van der Waals surface area contributed by atoms with Gasteiger partial charge in [0.25, 0.3) is 0 Å². The SMILES string of the molecule is CC.CC.COC(=O)CCC/C=C\C[C@H]1C(O)C[C@@H](C)[C@@H]1CCCC(O)C1(C)CCC1. The molecule has 0 saturated heterocycles. The number of allylic oxidation sites excluding steroid dienone is 2. The molecule has 2 unspecified atom stereocenters. The summed E-state index contributed by atoms with van der Waals surface area (Å²) in [6.45, 7) is 12.5. The standard InChI is InChI=1S/C23H40O4.2C2H6/c1-17-16-20(24)19(10-6-4-5-7-13-22(26)27-3)18(17)11-8-12-21(25)23(2)14-9-15-23;2*1-2/h4,6,17-21,24-25H,5,7-16H2,1-3H3;2*1-2H3/b6-4-;;/t17-,18+,19-,20?,21?;;/m1../s1. The molecule has 0 aromatic rings. The molecule has 0 radical (unpaired) electrons. The number of aliphatic hydroxyl groups excluding tert-OH is 2. The Kier molecular flexibility index (Phi) is 16.3. The summed E-state index contributed by atoms with van der Waals surface area (Å²) in [5, 5.41) is 21.0. The smallest absolute Gasteiger partial charge is 0.305 e. The van der Waals surface area contributed by atoms with Crippen LogP contribution in [0.25, 0.3) is 0 Å². The lowest BCUT2D eigenvalue weighted by atomic mass is 9.65. The van der Waals surface area contributed by atoms with Gasteiger partial charge in [-0.15, -0.1) is 0 Å². The van der Waals surface area contributed by atoms with Crippen LogP contribution in [0.2, 0.25) is 0 Å². The van der Waals surface area contributed by atoms with E-state index in [1.54, 1.807) is 0 Å². The normalized spacial score (nSPS) is 27.4. The number of esters is 1. The van der Waals surface area contributed by atoms with Gasteiger partial charge in [-0.25, -0.2) is 0 Å². The second-order valence-corrected chi connectivity index (χ2v) is 9.24. The van der Waals surface area contributed by atoms with Gasteiger partial charge in [-0.2, -0.15) is 0 Å². The second kappa shape index (κ2) is 16.7. The van der Waals surface area contributed by atoms with Gasteiger partial charge in [0.1, 0.15) is 0 Å². The first kappa shape index (κ1) is 30.1. The fourth-order valence-corrected chi connectivity index (χ4v) is 5.07. The van der Waals surface area contributed by atoms with Gasteiger partial charge in [-0.05, 0) is 74.5 Å². The van der Waals surface area contributed by atoms with Crippen LogP contribution in [0, 0.1) is 23.2 Å². The molecule has 0 spiro atoms. The Morgan fingerprint density at radius 3 is 2.32 bits per heavy atom. The molecule has 0 bridgehead atoms. The minimum absolute atomic E-state index is 0.151. The zero-order valence-corrected chi connectivity index (χ0v) is 21.5. The van der Waals surface area contributed by atoms with Crippen LogP contribution in [-0.2, 0) is 9.53 Å². The van der Waals surface area contributed by atoms with E-state index in [4.69, 9.17) is 0 Å². The summed E-state index contributed by atoms with van der Waals surface area (Å²) in [6, 6.07) is 0. The van der Waals surface area contributed by atoms with Gasteiger partial charge in [0.2, 0.25) is 0 Å². The topological polar surface area (TPSA) is 66.8 Å². The van der Waals surface area contributed by atoms with Crippen LogP contribution in [0.5, 0.6) is 0 Å². The Morgan fingerprint density at radius 2 is 1.77 bits per heavy atom. The van der Waals surface area contributed by atoms with E-state index in [1.807, 2.05) is 27.7 Å². The largest absolute Gasteiger partial charge is 0.469 e. The van der Waals surface area contributed by atoms with Gasteiger partial charge in [-0.1, -0.05) is 66.5 Å². The zero-order chi connectivity index (χ0) is 23.9. The van der Waals surface area contributed by atoms with Crippen molar-refractivity contribution < 1.29 is 19.7 Å². The van der Waals surface area contributed by atoms with Gasteiger partial charge in [0.15, 0.2) is 0 Å². The van der Waals surface area contributed by atoms with E-state index in [9.17, 15) is 15.0 Å². The molecule has 4 heteroatoms. The van der Waals surface area contributed by atoms with E-state index in [1.165, 1.54) is 13.5 Å². The molecular weight excluding hydrogens is 388 g/mol. The molecule has 0 aliphatic heterocycles. The first-order valence-electron chi connectivity index (χ1n) is 13.0. The number of hydrogen-bond donors (Lipinski definition) is 2. The Hall–Kier alpha value is -0.870. The number of methoxy groups -OCH3 is 1. The van der Waals surface area contributed by atoms with Crippen LogP contribution < -0.4 is 0 Å². The molecule has 0 aromatic carbocycles. The molecule has 2 rings (SSSR count). The molecule has 2 aliphatic rings. The highest BCUT2D eigenvalue weighted by Gasteiger charge is 2.40. The van der Waals surface area contributed by atoms with Crippen LogP contribution in [0.15, 0.2) is 12.2 Å². The van der Waals surface area contributed by atoms with E-state index in [-0.39, 0.29) is 23.6 Å². The number of rotatable bonds is 11. The number of carbonyl (C=O) groups is 1. The van der Waals surface area contributed by atoms with Crippen molar-refractivity contribution in [1.29, 1.82) is 0 Å². The highest BCUT2D eigenvalue weighted by atomic mass is 16.5.